The van der Waals surface area contributed by atoms with Crippen molar-refractivity contribution in [1.82, 2.24) is 9.88 Å². The highest BCUT2D eigenvalue weighted by atomic mass is 16.1. The van der Waals surface area contributed by atoms with Gasteiger partial charge in [0, 0.05) is 30.4 Å². The first kappa shape index (κ1) is 15.7. The van der Waals surface area contributed by atoms with Gasteiger partial charge in [0.05, 0.1) is 0 Å². The molecule has 2 N–H and O–H groups in total. The van der Waals surface area contributed by atoms with Crippen LogP contribution in [-0.4, -0.2) is 28.9 Å². The summed E-state index contributed by atoms with van der Waals surface area (Å²) in [6.07, 6.45) is 5.58. The maximum Gasteiger partial charge on any atom is 0.220 e. The lowest BCUT2D eigenvalue weighted by molar-refractivity contribution is -0.123. The molecule has 0 saturated carbocycles. The van der Waals surface area contributed by atoms with Gasteiger partial charge in [-0.3, -0.25) is 14.7 Å². The standard InChI is InChI=1S/C19H23N3O/c1-14-4-2-3-5-18(14)17-10-15(11-21-12-17)13-22-8-6-16(7-9-22)19(20)23/h2-5,10-12,16H,6-9,13H2,1H3,(H2,20,23). The number of piperidine rings is 1. The van der Waals surface area contributed by atoms with Gasteiger partial charge in [-0.25, -0.2) is 0 Å². The minimum Gasteiger partial charge on any atom is -0.369 e. The number of pyridine rings is 1. The third-order valence-corrected chi connectivity index (χ3v) is 4.65. The third-order valence-electron chi connectivity index (χ3n) is 4.65. The van der Waals surface area contributed by atoms with Crippen LogP contribution in [0.5, 0.6) is 0 Å². The number of nitrogens with zero attached hydrogens (tertiary/aromatic N) is 2. The number of amides is 1. The molecule has 0 bridgehead atoms. The SMILES string of the molecule is Cc1ccccc1-c1cncc(CN2CCC(C(N)=O)CC2)c1. The number of benzene rings is 1. The number of likely N-dealkylation sites (tertiary alicyclic amines) is 1. The van der Waals surface area contributed by atoms with Crippen molar-refractivity contribution in [3.8, 4) is 11.1 Å². The van der Waals surface area contributed by atoms with E-state index in [1.54, 1.807) is 0 Å². The fourth-order valence-electron chi connectivity index (χ4n) is 3.25. The summed E-state index contributed by atoms with van der Waals surface area (Å²) in [6, 6.07) is 10.6. The first-order valence-corrected chi connectivity index (χ1v) is 8.15. The molecule has 0 unspecified atom stereocenters. The van der Waals surface area contributed by atoms with Gasteiger partial charge in [-0.1, -0.05) is 24.3 Å². The van der Waals surface area contributed by atoms with E-state index in [1.165, 1.54) is 16.7 Å². The zero-order chi connectivity index (χ0) is 16.2. The Morgan fingerprint density at radius 3 is 2.70 bits per heavy atom. The molecule has 4 heteroatoms. The maximum atomic E-state index is 11.2. The molecule has 1 aliphatic rings. The maximum absolute atomic E-state index is 11.2. The van der Waals surface area contributed by atoms with E-state index in [1.807, 2.05) is 12.4 Å². The van der Waals surface area contributed by atoms with Crippen molar-refractivity contribution in [1.29, 1.82) is 0 Å². The first-order chi connectivity index (χ1) is 11.1. The van der Waals surface area contributed by atoms with Gasteiger partial charge in [0.1, 0.15) is 0 Å². The van der Waals surface area contributed by atoms with Gasteiger partial charge < -0.3 is 5.73 Å². The van der Waals surface area contributed by atoms with Crippen LogP contribution in [0.4, 0.5) is 0 Å². The van der Waals surface area contributed by atoms with Crippen molar-refractivity contribution < 1.29 is 4.79 Å². The van der Waals surface area contributed by atoms with E-state index in [0.29, 0.717) is 0 Å². The van der Waals surface area contributed by atoms with E-state index >= 15 is 0 Å². The van der Waals surface area contributed by atoms with E-state index < -0.39 is 0 Å². The van der Waals surface area contributed by atoms with Crippen LogP contribution in [0, 0.1) is 12.8 Å². The number of rotatable bonds is 4. The van der Waals surface area contributed by atoms with Gasteiger partial charge in [0.25, 0.3) is 0 Å². The van der Waals surface area contributed by atoms with Crippen LogP contribution in [-0.2, 0) is 11.3 Å². The second-order valence-corrected chi connectivity index (χ2v) is 6.35. The van der Waals surface area contributed by atoms with E-state index in [2.05, 4.69) is 47.1 Å². The number of hydrogen-bond donors (Lipinski definition) is 1. The van der Waals surface area contributed by atoms with Gasteiger partial charge in [-0.05, 0) is 55.6 Å². The summed E-state index contributed by atoms with van der Waals surface area (Å²) in [6.45, 7) is 4.83. The summed E-state index contributed by atoms with van der Waals surface area (Å²) < 4.78 is 0. The third kappa shape index (κ3) is 3.77. The molecule has 1 aliphatic heterocycles. The lowest BCUT2D eigenvalue weighted by atomic mass is 9.96. The van der Waals surface area contributed by atoms with Gasteiger partial charge in [0.15, 0.2) is 0 Å². The van der Waals surface area contributed by atoms with Gasteiger partial charge in [0.2, 0.25) is 5.91 Å². The summed E-state index contributed by atoms with van der Waals surface area (Å²) in [4.78, 5) is 18.0. The Morgan fingerprint density at radius 2 is 2.00 bits per heavy atom. The van der Waals surface area contributed by atoms with Gasteiger partial charge >= 0.3 is 0 Å². The van der Waals surface area contributed by atoms with Crippen LogP contribution in [0.3, 0.4) is 0 Å². The molecule has 0 radical (unpaired) electrons. The summed E-state index contributed by atoms with van der Waals surface area (Å²) >= 11 is 0. The predicted molar refractivity (Wildman–Crippen MR) is 91.6 cm³/mol. The summed E-state index contributed by atoms with van der Waals surface area (Å²) in [5, 5.41) is 0. The molecule has 1 saturated heterocycles. The second-order valence-electron chi connectivity index (χ2n) is 6.35. The number of carbonyl (C=O) groups is 1. The fraction of sp³-hybridized carbons (Fsp3) is 0.368. The van der Waals surface area contributed by atoms with Crippen molar-refractivity contribution >= 4 is 5.91 Å². The number of primary amides is 1. The van der Waals surface area contributed by atoms with E-state index in [0.717, 1.165) is 38.0 Å². The molecule has 1 aromatic heterocycles. The molecule has 4 nitrogen and oxygen atoms in total. The van der Waals surface area contributed by atoms with Crippen molar-refractivity contribution in [2.75, 3.05) is 13.1 Å². The number of hydrogen-bond acceptors (Lipinski definition) is 3. The smallest absolute Gasteiger partial charge is 0.220 e. The largest absolute Gasteiger partial charge is 0.369 e. The molecule has 120 valence electrons. The Balaban J connectivity index is 1.69. The van der Waals surface area contributed by atoms with E-state index in [-0.39, 0.29) is 11.8 Å². The Kier molecular flexibility index (Phi) is 4.72. The minimum absolute atomic E-state index is 0.0441. The van der Waals surface area contributed by atoms with E-state index in [4.69, 9.17) is 5.73 Å². The van der Waals surface area contributed by atoms with Gasteiger partial charge in [-0.15, -0.1) is 0 Å². The summed E-state index contributed by atoms with van der Waals surface area (Å²) in [7, 11) is 0. The lowest BCUT2D eigenvalue weighted by Gasteiger charge is -2.30. The molecule has 2 aromatic rings. The van der Waals surface area contributed by atoms with Crippen LogP contribution in [0.15, 0.2) is 42.7 Å². The molecule has 0 atom stereocenters. The van der Waals surface area contributed by atoms with Crippen LogP contribution in [0.2, 0.25) is 0 Å². The molecular formula is C19H23N3O. The number of carbonyl (C=O) groups excluding carboxylic acids is 1. The molecule has 3 rings (SSSR count). The molecule has 2 heterocycles. The molecule has 1 aromatic carbocycles. The van der Waals surface area contributed by atoms with Crippen LogP contribution in [0.1, 0.15) is 24.0 Å². The van der Waals surface area contributed by atoms with Crippen LogP contribution >= 0.6 is 0 Å². The predicted octanol–water partition coefficient (Wildman–Crippen LogP) is 2.75. The minimum atomic E-state index is -0.159. The highest BCUT2D eigenvalue weighted by molar-refractivity contribution is 5.76. The van der Waals surface area contributed by atoms with Crippen molar-refractivity contribution in [2.24, 2.45) is 11.7 Å². The zero-order valence-electron chi connectivity index (χ0n) is 13.5. The molecular weight excluding hydrogens is 286 g/mol. The van der Waals surface area contributed by atoms with Crippen molar-refractivity contribution in [3.05, 3.63) is 53.9 Å². The second kappa shape index (κ2) is 6.92. The monoisotopic (exact) mass is 309 g/mol. The highest BCUT2D eigenvalue weighted by Gasteiger charge is 2.23. The highest BCUT2D eigenvalue weighted by Crippen LogP contribution is 2.24. The number of aryl methyl sites for hydroxylation is 1. The van der Waals surface area contributed by atoms with Crippen molar-refractivity contribution in [3.63, 3.8) is 0 Å². The lowest BCUT2D eigenvalue weighted by Crippen LogP contribution is -2.38. The molecule has 1 amide bonds. The molecule has 1 fully saturated rings. The van der Waals surface area contributed by atoms with E-state index in [9.17, 15) is 4.79 Å². The topological polar surface area (TPSA) is 59.2 Å². The van der Waals surface area contributed by atoms with Crippen molar-refractivity contribution in [2.45, 2.75) is 26.3 Å². The van der Waals surface area contributed by atoms with Crippen LogP contribution < -0.4 is 5.73 Å². The average molecular weight is 309 g/mol. The normalized spacial score (nSPS) is 16.4. The molecule has 0 spiro atoms. The summed E-state index contributed by atoms with van der Waals surface area (Å²) in [5.41, 5.74) is 10.3. The van der Waals surface area contributed by atoms with Crippen LogP contribution in [0.25, 0.3) is 11.1 Å². The molecule has 0 aliphatic carbocycles. The Morgan fingerprint density at radius 1 is 1.26 bits per heavy atom. The summed E-state index contributed by atoms with van der Waals surface area (Å²) in [5.74, 6) is -0.115. The quantitative estimate of drug-likeness (QED) is 0.944. The van der Waals surface area contributed by atoms with Gasteiger partial charge in [-0.2, -0.15) is 0 Å². The zero-order valence-corrected chi connectivity index (χ0v) is 13.5. The number of aromatic nitrogens is 1. The average Bonchev–Trinajstić information content (AvgIpc) is 2.56. The fourth-order valence-corrected chi connectivity index (χ4v) is 3.25. The first-order valence-electron chi connectivity index (χ1n) is 8.15. The Labute approximate surface area is 137 Å². The number of nitrogens with two attached hydrogens (primary N) is 1. The molecule has 23 heavy (non-hydrogen) atoms. The Hall–Kier alpha value is -2.20. The Bertz CT molecular complexity index is 691.